The van der Waals surface area contributed by atoms with Gasteiger partial charge in [0.25, 0.3) is 5.56 Å². The fourth-order valence-corrected chi connectivity index (χ4v) is 2.54. The van der Waals surface area contributed by atoms with Gasteiger partial charge in [-0.05, 0) is 13.8 Å². The molecule has 2 heterocycles. The molecule has 18 heavy (non-hydrogen) atoms. The molecule has 1 aliphatic rings. The van der Waals surface area contributed by atoms with Gasteiger partial charge in [-0.15, -0.1) is 0 Å². The lowest BCUT2D eigenvalue weighted by Gasteiger charge is -2.14. The van der Waals surface area contributed by atoms with Gasteiger partial charge in [0.05, 0.1) is 4.75 Å². The smallest absolute Gasteiger partial charge is 0.323 e. The quantitative estimate of drug-likeness (QED) is 0.459. The van der Waals surface area contributed by atoms with Crippen LogP contribution in [-0.2, 0) is 4.84 Å². The summed E-state index contributed by atoms with van der Waals surface area (Å²) < 4.78 is 0.849. The van der Waals surface area contributed by atoms with Crippen LogP contribution in [0.15, 0.2) is 27.4 Å². The lowest BCUT2D eigenvalue weighted by molar-refractivity contribution is 0.152. The van der Waals surface area contributed by atoms with Crippen LogP contribution in [0.2, 0.25) is 0 Å². The highest BCUT2D eigenvalue weighted by Crippen LogP contribution is 2.38. The third-order valence-corrected chi connectivity index (χ3v) is 3.49. The summed E-state index contributed by atoms with van der Waals surface area (Å²) in [6.45, 7) is 3.75. The molecular formula is C10H12N4O3S. The average molecular weight is 268 g/mol. The molecule has 0 saturated heterocycles. The molecule has 7 nitrogen and oxygen atoms in total. The van der Waals surface area contributed by atoms with Crippen molar-refractivity contribution in [3.8, 4) is 0 Å². The first kappa shape index (κ1) is 12.6. The fourth-order valence-electron chi connectivity index (χ4n) is 1.48. The number of amides is 1. The highest BCUT2D eigenvalue weighted by molar-refractivity contribution is 8.01. The van der Waals surface area contributed by atoms with E-state index in [1.807, 2.05) is 13.8 Å². The summed E-state index contributed by atoms with van der Waals surface area (Å²) in [4.78, 5) is 31.6. The van der Waals surface area contributed by atoms with Crippen LogP contribution < -0.4 is 10.9 Å². The van der Waals surface area contributed by atoms with Gasteiger partial charge in [-0.3, -0.25) is 9.63 Å². The van der Waals surface area contributed by atoms with Crippen LogP contribution in [0.5, 0.6) is 0 Å². The predicted molar refractivity (Wildman–Crippen MR) is 66.8 cm³/mol. The van der Waals surface area contributed by atoms with Crippen LogP contribution in [0, 0.1) is 0 Å². The normalized spacial score (nSPS) is 18.5. The first-order valence-electron chi connectivity index (χ1n) is 5.20. The van der Waals surface area contributed by atoms with Gasteiger partial charge in [-0.1, -0.05) is 16.9 Å². The van der Waals surface area contributed by atoms with Gasteiger partial charge >= 0.3 is 6.09 Å². The van der Waals surface area contributed by atoms with E-state index in [1.54, 1.807) is 0 Å². The lowest BCUT2D eigenvalue weighted by atomic mass is 10.2. The summed E-state index contributed by atoms with van der Waals surface area (Å²) in [5, 5.41) is 6.57. The lowest BCUT2D eigenvalue weighted by Crippen LogP contribution is -2.35. The van der Waals surface area contributed by atoms with E-state index >= 15 is 0 Å². The van der Waals surface area contributed by atoms with E-state index < -0.39 is 10.8 Å². The number of hydrogen-bond acceptors (Lipinski definition) is 6. The molecule has 1 N–H and O–H groups in total. The Morgan fingerprint density at radius 2 is 2.33 bits per heavy atom. The Hall–Kier alpha value is -1.83. The van der Waals surface area contributed by atoms with E-state index in [-0.39, 0.29) is 5.56 Å². The minimum Gasteiger partial charge on any atom is -0.323 e. The zero-order valence-corrected chi connectivity index (χ0v) is 10.9. The molecule has 0 fully saturated rings. The first-order chi connectivity index (χ1) is 8.45. The van der Waals surface area contributed by atoms with E-state index in [4.69, 9.17) is 0 Å². The Balaban J connectivity index is 2.47. The van der Waals surface area contributed by atoms with Gasteiger partial charge < -0.3 is 5.32 Å². The number of hydrogen-bond donors (Lipinski definition) is 1. The molecule has 0 bridgehead atoms. The zero-order valence-electron chi connectivity index (χ0n) is 10.1. The highest BCUT2D eigenvalue weighted by atomic mass is 32.2. The maximum atomic E-state index is 11.8. The number of carbonyl (C=O) groups excluding carboxylic acids is 1. The number of oxime groups is 1. The molecule has 1 aromatic rings. The van der Waals surface area contributed by atoms with Crippen molar-refractivity contribution in [2.24, 2.45) is 5.16 Å². The van der Waals surface area contributed by atoms with Gasteiger partial charge in [0, 0.05) is 19.3 Å². The molecule has 0 radical (unpaired) electrons. The maximum absolute atomic E-state index is 11.8. The molecule has 0 aliphatic carbocycles. The predicted octanol–water partition coefficient (Wildman–Crippen LogP) is 0.645. The topological polar surface area (TPSA) is 85.6 Å². The average Bonchev–Trinajstić information content (AvgIpc) is 2.57. The third-order valence-electron chi connectivity index (χ3n) is 2.33. The van der Waals surface area contributed by atoms with Crippen molar-refractivity contribution in [3.05, 3.63) is 22.6 Å². The molecule has 0 saturated carbocycles. The van der Waals surface area contributed by atoms with Crippen LogP contribution in [0.1, 0.15) is 13.8 Å². The van der Waals surface area contributed by atoms with Gasteiger partial charge in [0.1, 0.15) is 0 Å². The van der Waals surface area contributed by atoms with Crippen LogP contribution >= 0.6 is 11.8 Å². The zero-order chi connectivity index (χ0) is 13.3. The summed E-state index contributed by atoms with van der Waals surface area (Å²) in [6, 6.07) is 1.33. The second-order valence-corrected chi connectivity index (χ2v) is 5.65. The SMILES string of the molecule is CNC(=O)ON=C1n2c(nccc2=O)SC1(C)C. The van der Waals surface area contributed by atoms with Crippen molar-refractivity contribution in [1.82, 2.24) is 14.9 Å². The molecule has 1 aliphatic heterocycles. The number of aromatic nitrogens is 2. The number of nitrogens with one attached hydrogen (secondary N) is 1. The van der Waals surface area contributed by atoms with Gasteiger partial charge in [-0.2, -0.15) is 0 Å². The molecule has 0 unspecified atom stereocenters. The van der Waals surface area contributed by atoms with Crippen molar-refractivity contribution in [1.29, 1.82) is 0 Å². The van der Waals surface area contributed by atoms with Gasteiger partial charge in [0.15, 0.2) is 11.0 Å². The number of carbonyl (C=O) groups is 1. The summed E-state index contributed by atoms with van der Waals surface area (Å²) in [5.41, 5.74) is -0.252. The summed E-state index contributed by atoms with van der Waals surface area (Å²) in [7, 11) is 1.43. The minimum absolute atomic E-state index is 0.252. The highest BCUT2D eigenvalue weighted by Gasteiger charge is 2.39. The monoisotopic (exact) mass is 268 g/mol. The summed E-state index contributed by atoms with van der Waals surface area (Å²) in [6.07, 6.45) is 0.758. The van der Waals surface area contributed by atoms with E-state index in [9.17, 15) is 9.59 Å². The van der Waals surface area contributed by atoms with Crippen molar-refractivity contribution >= 4 is 23.7 Å². The van der Waals surface area contributed by atoms with Crippen LogP contribution in [0.25, 0.3) is 0 Å². The molecule has 8 heteroatoms. The Morgan fingerprint density at radius 1 is 1.61 bits per heavy atom. The number of thioether (sulfide) groups is 1. The first-order valence-corrected chi connectivity index (χ1v) is 6.02. The maximum Gasteiger partial charge on any atom is 0.433 e. The molecule has 0 spiro atoms. The second-order valence-electron chi connectivity index (χ2n) is 4.06. The molecule has 1 aromatic heterocycles. The Morgan fingerprint density at radius 3 is 3.00 bits per heavy atom. The molecule has 0 aromatic carbocycles. The molecule has 96 valence electrons. The second kappa shape index (κ2) is 4.45. The number of nitrogens with zero attached hydrogens (tertiary/aromatic N) is 3. The summed E-state index contributed by atoms with van der Waals surface area (Å²) in [5.74, 6) is 0.351. The van der Waals surface area contributed by atoms with E-state index in [0.29, 0.717) is 11.0 Å². The standard InChI is InChI=1S/C10H12N4O3S/c1-10(2)7(13-17-9(16)11-3)14-6(15)4-5-12-8(14)18-10/h4-5H,1-3H3,(H,11,16). The number of rotatable bonds is 1. The van der Waals surface area contributed by atoms with Crippen molar-refractivity contribution < 1.29 is 9.63 Å². The van der Waals surface area contributed by atoms with E-state index in [0.717, 1.165) is 0 Å². The summed E-state index contributed by atoms with van der Waals surface area (Å²) >= 11 is 1.38. The van der Waals surface area contributed by atoms with Crippen LogP contribution in [0.3, 0.4) is 0 Å². The Bertz CT molecular complexity index is 579. The molecule has 0 atom stereocenters. The van der Waals surface area contributed by atoms with Crippen LogP contribution in [0.4, 0.5) is 4.79 Å². The molecular weight excluding hydrogens is 256 g/mol. The van der Waals surface area contributed by atoms with Crippen LogP contribution in [-0.4, -0.2) is 33.3 Å². The third kappa shape index (κ3) is 2.10. The number of fused-ring (bicyclic) bond motifs is 1. The largest absolute Gasteiger partial charge is 0.433 e. The van der Waals surface area contributed by atoms with Gasteiger partial charge in [0.2, 0.25) is 0 Å². The van der Waals surface area contributed by atoms with E-state index in [2.05, 4.69) is 20.3 Å². The van der Waals surface area contributed by atoms with Crippen molar-refractivity contribution in [2.45, 2.75) is 23.8 Å². The Kier molecular flexibility index (Phi) is 3.12. The van der Waals surface area contributed by atoms with Crippen molar-refractivity contribution in [2.75, 3.05) is 7.05 Å². The fraction of sp³-hybridized carbons (Fsp3) is 0.400. The van der Waals surface area contributed by atoms with Crippen molar-refractivity contribution in [3.63, 3.8) is 0 Å². The van der Waals surface area contributed by atoms with E-state index in [1.165, 1.54) is 35.6 Å². The molecule has 2 rings (SSSR count). The Labute approximate surface area is 107 Å². The minimum atomic E-state index is -0.686. The van der Waals surface area contributed by atoms with Gasteiger partial charge in [-0.25, -0.2) is 14.3 Å². The molecule has 1 amide bonds.